The molecule has 15 heavy (non-hydrogen) atoms. The molecule has 0 aliphatic rings. The highest BCUT2D eigenvalue weighted by Crippen LogP contribution is 2.25. The number of nitrogens with zero attached hydrogens (tertiary/aromatic N) is 3. The molecule has 0 N–H and O–H groups in total. The second kappa shape index (κ2) is 3.83. The molecule has 74 valence electrons. The van der Waals surface area contributed by atoms with Crippen LogP contribution < -0.4 is 0 Å². The Morgan fingerprint density at radius 2 is 2.27 bits per heavy atom. The Morgan fingerprint density at radius 3 is 2.87 bits per heavy atom. The summed E-state index contributed by atoms with van der Waals surface area (Å²) in [4.78, 5) is 4.08. The normalized spacial score (nSPS) is 9.93. The van der Waals surface area contributed by atoms with E-state index in [4.69, 9.17) is 9.78 Å². The highest BCUT2D eigenvalue weighted by molar-refractivity contribution is 9.10. The first kappa shape index (κ1) is 9.87. The molecular formula is C10H6BrN3O. The maximum Gasteiger partial charge on any atom is 0.259 e. The number of benzene rings is 1. The van der Waals surface area contributed by atoms with Crippen LogP contribution in [-0.2, 0) is 0 Å². The Hall–Kier alpha value is -1.67. The van der Waals surface area contributed by atoms with Gasteiger partial charge in [0.2, 0.25) is 0 Å². The van der Waals surface area contributed by atoms with E-state index in [1.54, 1.807) is 25.1 Å². The van der Waals surface area contributed by atoms with Crippen molar-refractivity contribution < 1.29 is 4.52 Å². The summed E-state index contributed by atoms with van der Waals surface area (Å²) < 4.78 is 5.88. The predicted octanol–water partition coefficient (Wildman–Crippen LogP) is 2.68. The van der Waals surface area contributed by atoms with Crippen LogP contribution in [0.3, 0.4) is 0 Å². The lowest BCUT2D eigenvalue weighted by atomic mass is 10.1. The standard InChI is InChI=1S/C10H6BrN3O/c1-6-13-10(15-14-6)9-4-8(11)3-2-7(9)5-12/h2-4H,1H3. The first-order chi connectivity index (χ1) is 7.20. The van der Waals surface area contributed by atoms with Crippen molar-refractivity contribution >= 4 is 15.9 Å². The molecule has 1 heterocycles. The van der Waals surface area contributed by atoms with Crippen LogP contribution in [-0.4, -0.2) is 10.1 Å². The van der Waals surface area contributed by atoms with Gasteiger partial charge in [0, 0.05) is 4.47 Å². The molecular weight excluding hydrogens is 258 g/mol. The Labute approximate surface area is 94.7 Å². The molecule has 0 bridgehead atoms. The minimum Gasteiger partial charge on any atom is -0.334 e. The van der Waals surface area contributed by atoms with E-state index in [1.807, 2.05) is 0 Å². The molecule has 2 rings (SSSR count). The van der Waals surface area contributed by atoms with E-state index in [-0.39, 0.29) is 0 Å². The second-order valence-electron chi connectivity index (χ2n) is 2.95. The summed E-state index contributed by atoms with van der Waals surface area (Å²) in [6.45, 7) is 1.73. The molecule has 2 aromatic rings. The number of aromatic nitrogens is 2. The molecule has 4 nitrogen and oxygen atoms in total. The maximum atomic E-state index is 8.92. The molecule has 1 aromatic heterocycles. The van der Waals surface area contributed by atoms with Crippen LogP contribution in [0, 0.1) is 18.3 Å². The van der Waals surface area contributed by atoms with Gasteiger partial charge in [-0.15, -0.1) is 0 Å². The zero-order valence-electron chi connectivity index (χ0n) is 7.86. The van der Waals surface area contributed by atoms with Crippen LogP contribution in [0.1, 0.15) is 11.4 Å². The van der Waals surface area contributed by atoms with Crippen molar-refractivity contribution in [3.8, 4) is 17.5 Å². The van der Waals surface area contributed by atoms with Gasteiger partial charge in [0.05, 0.1) is 17.2 Å². The average Bonchev–Trinajstić information content (AvgIpc) is 2.65. The summed E-state index contributed by atoms with van der Waals surface area (Å²) in [6.07, 6.45) is 0. The number of aryl methyl sites for hydroxylation is 1. The fourth-order valence-electron chi connectivity index (χ4n) is 1.20. The minimum atomic E-state index is 0.366. The zero-order chi connectivity index (χ0) is 10.8. The smallest absolute Gasteiger partial charge is 0.259 e. The van der Waals surface area contributed by atoms with Gasteiger partial charge in [0.15, 0.2) is 5.82 Å². The van der Waals surface area contributed by atoms with Gasteiger partial charge in [-0.3, -0.25) is 0 Å². The van der Waals surface area contributed by atoms with E-state index in [9.17, 15) is 0 Å². The lowest BCUT2D eigenvalue weighted by molar-refractivity contribution is 0.425. The fourth-order valence-corrected chi connectivity index (χ4v) is 1.56. The highest BCUT2D eigenvalue weighted by Gasteiger charge is 2.11. The molecule has 0 fully saturated rings. The van der Waals surface area contributed by atoms with Crippen LogP contribution in [0.4, 0.5) is 0 Å². The average molecular weight is 264 g/mol. The number of hydrogen-bond acceptors (Lipinski definition) is 4. The maximum absolute atomic E-state index is 8.92. The molecule has 5 heteroatoms. The summed E-state index contributed by atoms with van der Waals surface area (Å²) in [5.74, 6) is 0.916. The lowest BCUT2D eigenvalue weighted by Gasteiger charge is -1.98. The second-order valence-corrected chi connectivity index (χ2v) is 3.86. The molecule has 0 radical (unpaired) electrons. The summed E-state index contributed by atoms with van der Waals surface area (Å²) in [5.41, 5.74) is 1.16. The summed E-state index contributed by atoms with van der Waals surface area (Å²) in [5, 5.41) is 12.6. The van der Waals surface area contributed by atoms with E-state index in [0.717, 1.165) is 4.47 Å². The third-order valence-electron chi connectivity index (χ3n) is 1.86. The van der Waals surface area contributed by atoms with E-state index in [2.05, 4.69) is 32.1 Å². The van der Waals surface area contributed by atoms with Crippen LogP contribution in [0.2, 0.25) is 0 Å². The molecule has 0 atom stereocenters. The Morgan fingerprint density at radius 1 is 1.47 bits per heavy atom. The Kier molecular flexibility index (Phi) is 2.52. The molecule has 1 aromatic carbocycles. The first-order valence-electron chi connectivity index (χ1n) is 4.21. The van der Waals surface area contributed by atoms with Crippen LogP contribution >= 0.6 is 15.9 Å². The lowest BCUT2D eigenvalue weighted by Crippen LogP contribution is -1.84. The van der Waals surface area contributed by atoms with Gasteiger partial charge < -0.3 is 4.52 Å². The summed E-state index contributed by atoms with van der Waals surface area (Å²) in [6, 6.07) is 7.37. The van der Waals surface area contributed by atoms with Crippen molar-refractivity contribution in [3.63, 3.8) is 0 Å². The fraction of sp³-hybridized carbons (Fsp3) is 0.100. The van der Waals surface area contributed by atoms with Gasteiger partial charge in [-0.2, -0.15) is 10.2 Å². The molecule has 0 saturated heterocycles. The first-order valence-corrected chi connectivity index (χ1v) is 5.00. The van der Waals surface area contributed by atoms with E-state index >= 15 is 0 Å². The highest BCUT2D eigenvalue weighted by atomic mass is 79.9. The Balaban J connectivity index is 2.61. The largest absolute Gasteiger partial charge is 0.334 e. The predicted molar refractivity (Wildman–Crippen MR) is 56.9 cm³/mol. The van der Waals surface area contributed by atoms with Crippen LogP contribution in [0.25, 0.3) is 11.5 Å². The molecule has 0 spiro atoms. The van der Waals surface area contributed by atoms with E-state index in [0.29, 0.717) is 22.8 Å². The quantitative estimate of drug-likeness (QED) is 0.794. The number of halogens is 1. The van der Waals surface area contributed by atoms with Crippen molar-refractivity contribution in [3.05, 3.63) is 34.1 Å². The van der Waals surface area contributed by atoms with Crippen molar-refractivity contribution in [2.45, 2.75) is 6.92 Å². The van der Waals surface area contributed by atoms with Crippen LogP contribution in [0.5, 0.6) is 0 Å². The molecule has 0 unspecified atom stereocenters. The monoisotopic (exact) mass is 263 g/mol. The minimum absolute atomic E-state index is 0.366. The number of hydrogen-bond donors (Lipinski definition) is 0. The van der Waals surface area contributed by atoms with Gasteiger partial charge in [0.25, 0.3) is 5.89 Å². The third kappa shape index (κ3) is 1.90. The van der Waals surface area contributed by atoms with Gasteiger partial charge in [-0.1, -0.05) is 21.1 Å². The summed E-state index contributed by atoms with van der Waals surface area (Å²) in [7, 11) is 0. The van der Waals surface area contributed by atoms with Gasteiger partial charge >= 0.3 is 0 Å². The molecule has 0 aliphatic carbocycles. The van der Waals surface area contributed by atoms with Crippen molar-refractivity contribution in [2.24, 2.45) is 0 Å². The molecule has 0 amide bonds. The zero-order valence-corrected chi connectivity index (χ0v) is 9.45. The molecule has 0 aliphatic heterocycles. The SMILES string of the molecule is Cc1noc(-c2cc(Br)ccc2C#N)n1. The topological polar surface area (TPSA) is 62.7 Å². The van der Waals surface area contributed by atoms with E-state index < -0.39 is 0 Å². The van der Waals surface area contributed by atoms with Crippen molar-refractivity contribution in [1.29, 1.82) is 5.26 Å². The van der Waals surface area contributed by atoms with Gasteiger partial charge in [0.1, 0.15) is 0 Å². The van der Waals surface area contributed by atoms with Crippen LogP contribution in [0.15, 0.2) is 27.2 Å². The van der Waals surface area contributed by atoms with Gasteiger partial charge in [-0.05, 0) is 25.1 Å². The van der Waals surface area contributed by atoms with Crippen molar-refractivity contribution in [1.82, 2.24) is 10.1 Å². The van der Waals surface area contributed by atoms with E-state index in [1.165, 1.54) is 0 Å². The van der Waals surface area contributed by atoms with Crippen molar-refractivity contribution in [2.75, 3.05) is 0 Å². The third-order valence-corrected chi connectivity index (χ3v) is 2.35. The van der Waals surface area contributed by atoms with Gasteiger partial charge in [-0.25, -0.2) is 0 Å². The Bertz CT molecular complexity index is 542. The number of rotatable bonds is 1. The summed E-state index contributed by atoms with van der Waals surface area (Å²) >= 11 is 3.33. The number of nitriles is 1. The molecule has 0 saturated carbocycles.